The minimum atomic E-state index is 0.321. The summed E-state index contributed by atoms with van der Waals surface area (Å²) in [4.78, 5) is 5.96. The summed E-state index contributed by atoms with van der Waals surface area (Å²) in [6.07, 6.45) is 1.37. The van der Waals surface area contributed by atoms with E-state index in [0.29, 0.717) is 24.9 Å². The first-order chi connectivity index (χ1) is 6.40. The van der Waals surface area contributed by atoms with Gasteiger partial charge in [0.25, 0.3) is 6.01 Å². The number of ether oxygens (including phenoxy) is 1. The molecule has 0 saturated carbocycles. The van der Waals surface area contributed by atoms with Crippen LogP contribution in [0, 0.1) is 11.3 Å². The number of nitrogens with zero attached hydrogens (tertiary/aromatic N) is 3. The Balaban J connectivity index is 2.11. The molecule has 13 heavy (non-hydrogen) atoms. The van der Waals surface area contributed by atoms with Crippen molar-refractivity contribution >= 4 is 6.01 Å². The van der Waals surface area contributed by atoms with E-state index in [2.05, 4.69) is 4.98 Å². The zero-order valence-corrected chi connectivity index (χ0v) is 7.06. The number of morpholine rings is 1. The van der Waals surface area contributed by atoms with Crippen molar-refractivity contribution in [3.05, 3.63) is 12.0 Å². The van der Waals surface area contributed by atoms with Gasteiger partial charge < -0.3 is 14.1 Å². The van der Waals surface area contributed by atoms with Crippen LogP contribution in [0.3, 0.4) is 0 Å². The maximum absolute atomic E-state index is 8.53. The van der Waals surface area contributed by atoms with Crippen LogP contribution in [0.2, 0.25) is 0 Å². The molecule has 1 aliphatic heterocycles. The molecule has 1 aromatic heterocycles. The Bertz CT molecular complexity index is 322. The highest BCUT2D eigenvalue weighted by atomic mass is 16.5. The minimum Gasteiger partial charge on any atom is -0.431 e. The third kappa shape index (κ3) is 1.63. The molecule has 5 heteroatoms. The number of aromatic nitrogens is 1. The first kappa shape index (κ1) is 8.08. The molecule has 1 aromatic rings. The fraction of sp³-hybridized carbons (Fsp3) is 0.500. The summed E-state index contributed by atoms with van der Waals surface area (Å²) in [6.45, 7) is 2.91. The second-order valence-electron chi connectivity index (χ2n) is 2.73. The van der Waals surface area contributed by atoms with Gasteiger partial charge in [0, 0.05) is 13.1 Å². The van der Waals surface area contributed by atoms with Crippen molar-refractivity contribution in [3.8, 4) is 6.07 Å². The summed E-state index contributed by atoms with van der Waals surface area (Å²) in [6, 6.07) is 2.44. The SMILES string of the molecule is N#Cc1coc(N2CCOCC2)n1. The lowest BCUT2D eigenvalue weighted by atomic mass is 10.4. The molecule has 68 valence electrons. The Morgan fingerprint density at radius 2 is 2.23 bits per heavy atom. The van der Waals surface area contributed by atoms with Gasteiger partial charge in [0.15, 0.2) is 5.69 Å². The molecular formula is C8H9N3O2. The van der Waals surface area contributed by atoms with Gasteiger partial charge in [-0.15, -0.1) is 0 Å². The molecule has 2 rings (SSSR count). The maximum atomic E-state index is 8.53. The Labute approximate surface area is 75.5 Å². The summed E-state index contributed by atoms with van der Waals surface area (Å²) < 4.78 is 10.3. The number of anilines is 1. The molecule has 0 N–H and O–H groups in total. The van der Waals surface area contributed by atoms with Crippen LogP contribution >= 0.6 is 0 Å². The topological polar surface area (TPSA) is 62.3 Å². The summed E-state index contributed by atoms with van der Waals surface area (Å²) in [7, 11) is 0. The Kier molecular flexibility index (Phi) is 2.15. The van der Waals surface area contributed by atoms with Crippen LogP contribution in [0.5, 0.6) is 0 Å². The summed E-state index contributed by atoms with van der Waals surface area (Å²) in [5.74, 6) is 0. The van der Waals surface area contributed by atoms with Gasteiger partial charge in [-0.3, -0.25) is 0 Å². The maximum Gasteiger partial charge on any atom is 0.298 e. The van der Waals surface area contributed by atoms with E-state index in [0.717, 1.165) is 13.1 Å². The first-order valence-corrected chi connectivity index (χ1v) is 4.08. The third-order valence-electron chi connectivity index (χ3n) is 1.89. The largest absolute Gasteiger partial charge is 0.431 e. The fourth-order valence-corrected chi connectivity index (χ4v) is 1.22. The molecular weight excluding hydrogens is 170 g/mol. The van der Waals surface area contributed by atoms with E-state index in [1.54, 1.807) is 0 Å². The van der Waals surface area contributed by atoms with Gasteiger partial charge in [-0.05, 0) is 0 Å². The number of hydrogen-bond acceptors (Lipinski definition) is 5. The Morgan fingerprint density at radius 1 is 1.46 bits per heavy atom. The monoisotopic (exact) mass is 179 g/mol. The predicted molar refractivity (Wildman–Crippen MR) is 44.3 cm³/mol. The molecule has 1 saturated heterocycles. The molecule has 5 nitrogen and oxygen atoms in total. The summed E-state index contributed by atoms with van der Waals surface area (Å²) in [5, 5.41) is 8.53. The third-order valence-corrected chi connectivity index (χ3v) is 1.89. The quantitative estimate of drug-likeness (QED) is 0.623. The first-order valence-electron chi connectivity index (χ1n) is 4.08. The van der Waals surface area contributed by atoms with Gasteiger partial charge in [-0.1, -0.05) is 0 Å². The lowest BCUT2D eigenvalue weighted by Crippen LogP contribution is -2.36. The van der Waals surface area contributed by atoms with Crippen LogP contribution in [0.4, 0.5) is 6.01 Å². The normalized spacial score (nSPS) is 17.0. The number of rotatable bonds is 1. The van der Waals surface area contributed by atoms with E-state index >= 15 is 0 Å². The highest BCUT2D eigenvalue weighted by molar-refractivity contribution is 5.31. The van der Waals surface area contributed by atoms with Crippen molar-refractivity contribution in [2.75, 3.05) is 31.2 Å². The van der Waals surface area contributed by atoms with Crippen LogP contribution in [-0.2, 0) is 4.74 Å². The zero-order chi connectivity index (χ0) is 9.10. The second kappa shape index (κ2) is 3.46. The fourth-order valence-electron chi connectivity index (χ4n) is 1.22. The molecule has 0 atom stereocenters. The molecule has 1 aliphatic rings. The van der Waals surface area contributed by atoms with E-state index in [9.17, 15) is 0 Å². The average Bonchev–Trinajstić information content (AvgIpc) is 2.67. The van der Waals surface area contributed by atoms with Crippen molar-refractivity contribution in [2.45, 2.75) is 0 Å². The van der Waals surface area contributed by atoms with Crippen molar-refractivity contribution in [1.29, 1.82) is 5.26 Å². The van der Waals surface area contributed by atoms with Crippen LogP contribution < -0.4 is 4.90 Å². The smallest absolute Gasteiger partial charge is 0.298 e. The Hall–Kier alpha value is -1.54. The van der Waals surface area contributed by atoms with Gasteiger partial charge in [0.05, 0.1) is 13.2 Å². The minimum absolute atomic E-state index is 0.321. The molecule has 2 heterocycles. The van der Waals surface area contributed by atoms with Crippen LogP contribution in [-0.4, -0.2) is 31.3 Å². The number of hydrogen-bond donors (Lipinski definition) is 0. The molecule has 0 aromatic carbocycles. The van der Waals surface area contributed by atoms with E-state index in [4.69, 9.17) is 14.4 Å². The van der Waals surface area contributed by atoms with E-state index in [1.807, 2.05) is 11.0 Å². The van der Waals surface area contributed by atoms with Gasteiger partial charge in [0.2, 0.25) is 0 Å². The van der Waals surface area contributed by atoms with Crippen molar-refractivity contribution in [3.63, 3.8) is 0 Å². The molecule has 0 amide bonds. The summed E-state index contributed by atoms with van der Waals surface area (Å²) in [5.41, 5.74) is 0.321. The van der Waals surface area contributed by atoms with Crippen molar-refractivity contribution in [1.82, 2.24) is 4.98 Å². The van der Waals surface area contributed by atoms with Crippen LogP contribution in [0.1, 0.15) is 5.69 Å². The molecule has 0 radical (unpaired) electrons. The molecule has 1 fully saturated rings. The molecule has 0 spiro atoms. The number of oxazole rings is 1. The van der Waals surface area contributed by atoms with Crippen molar-refractivity contribution in [2.24, 2.45) is 0 Å². The lowest BCUT2D eigenvalue weighted by Gasteiger charge is -2.24. The van der Waals surface area contributed by atoms with Gasteiger partial charge in [-0.25, -0.2) is 0 Å². The highest BCUT2D eigenvalue weighted by Gasteiger charge is 2.15. The molecule has 0 bridgehead atoms. The summed E-state index contributed by atoms with van der Waals surface area (Å²) >= 11 is 0. The Morgan fingerprint density at radius 3 is 2.85 bits per heavy atom. The average molecular weight is 179 g/mol. The molecule has 0 unspecified atom stereocenters. The van der Waals surface area contributed by atoms with E-state index in [-0.39, 0.29) is 0 Å². The number of nitriles is 1. The van der Waals surface area contributed by atoms with Gasteiger partial charge in [0.1, 0.15) is 12.3 Å². The van der Waals surface area contributed by atoms with Gasteiger partial charge in [-0.2, -0.15) is 10.2 Å². The standard InChI is InChI=1S/C8H9N3O2/c9-5-7-6-13-8(10-7)11-1-3-12-4-2-11/h6H,1-4H2. The van der Waals surface area contributed by atoms with E-state index < -0.39 is 0 Å². The van der Waals surface area contributed by atoms with Crippen LogP contribution in [0.25, 0.3) is 0 Å². The predicted octanol–water partition coefficient (Wildman–Crippen LogP) is 0.383. The lowest BCUT2D eigenvalue weighted by molar-refractivity contribution is 0.120. The second-order valence-corrected chi connectivity index (χ2v) is 2.73. The zero-order valence-electron chi connectivity index (χ0n) is 7.06. The van der Waals surface area contributed by atoms with E-state index in [1.165, 1.54) is 6.26 Å². The van der Waals surface area contributed by atoms with Gasteiger partial charge >= 0.3 is 0 Å². The highest BCUT2D eigenvalue weighted by Crippen LogP contribution is 2.14. The van der Waals surface area contributed by atoms with Crippen molar-refractivity contribution < 1.29 is 9.15 Å². The van der Waals surface area contributed by atoms with Crippen LogP contribution in [0.15, 0.2) is 10.7 Å². The molecule has 0 aliphatic carbocycles.